The third kappa shape index (κ3) is 5.04. The highest BCUT2D eigenvalue weighted by Crippen LogP contribution is 2.53. The summed E-state index contributed by atoms with van der Waals surface area (Å²) in [5, 5.41) is 0. The van der Waals surface area contributed by atoms with Crippen molar-refractivity contribution in [1.82, 2.24) is 0 Å². The van der Waals surface area contributed by atoms with Crippen molar-refractivity contribution in [2.75, 3.05) is 39.6 Å². The zero-order valence-corrected chi connectivity index (χ0v) is 18.3. The minimum absolute atomic E-state index is 0.173. The molecule has 0 aromatic carbocycles. The summed E-state index contributed by atoms with van der Waals surface area (Å²) in [4.78, 5) is 0. The monoisotopic (exact) mass is 414 g/mol. The molecule has 5 unspecified atom stereocenters. The molecule has 0 aromatic rings. The van der Waals surface area contributed by atoms with Gasteiger partial charge in [-0.2, -0.15) is 0 Å². The SMILES string of the molecule is CCO[Si](OCC)(OC(C)C(OCC1CO1)OCC1CO1)C1CC2CC=C1C2. The lowest BCUT2D eigenvalue weighted by Gasteiger charge is -2.38. The van der Waals surface area contributed by atoms with Crippen LogP contribution in [0.4, 0.5) is 0 Å². The number of rotatable bonds is 14. The fourth-order valence-electron chi connectivity index (χ4n) is 4.30. The summed E-state index contributed by atoms with van der Waals surface area (Å²) < 4.78 is 41.8. The van der Waals surface area contributed by atoms with Gasteiger partial charge in [0.25, 0.3) is 0 Å². The highest BCUT2D eigenvalue weighted by molar-refractivity contribution is 6.63. The second-order valence-electron chi connectivity index (χ2n) is 8.11. The summed E-state index contributed by atoms with van der Waals surface area (Å²) in [5.74, 6) is 0.717. The number of allylic oxidation sites excluding steroid dienone is 2. The van der Waals surface area contributed by atoms with Crippen LogP contribution in [-0.2, 0) is 32.2 Å². The molecule has 4 rings (SSSR count). The highest BCUT2D eigenvalue weighted by Gasteiger charge is 2.56. The largest absolute Gasteiger partial charge is 0.508 e. The predicted molar refractivity (Wildman–Crippen MR) is 104 cm³/mol. The first-order chi connectivity index (χ1) is 13.6. The third-order valence-corrected chi connectivity index (χ3v) is 9.35. The van der Waals surface area contributed by atoms with E-state index in [-0.39, 0.29) is 23.9 Å². The molecule has 7 nitrogen and oxygen atoms in total. The maximum absolute atomic E-state index is 6.65. The van der Waals surface area contributed by atoms with Crippen molar-refractivity contribution in [3.8, 4) is 0 Å². The van der Waals surface area contributed by atoms with E-state index in [0.717, 1.165) is 26.1 Å². The van der Waals surface area contributed by atoms with Gasteiger partial charge in [-0.1, -0.05) is 11.6 Å². The van der Waals surface area contributed by atoms with Crippen LogP contribution in [-0.4, -0.2) is 73.0 Å². The van der Waals surface area contributed by atoms with E-state index in [9.17, 15) is 0 Å². The summed E-state index contributed by atoms with van der Waals surface area (Å²) in [5.41, 5.74) is 1.72. The molecule has 28 heavy (non-hydrogen) atoms. The average molecular weight is 415 g/mol. The van der Waals surface area contributed by atoms with Gasteiger partial charge in [-0.3, -0.25) is 0 Å². The molecule has 0 N–H and O–H groups in total. The molecule has 2 aliphatic heterocycles. The molecule has 2 saturated heterocycles. The van der Waals surface area contributed by atoms with Gasteiger partial charge >= 0.3 is 8.80 Å². The highest BCUT2D eigenvalue weighted by atomic mass is 28.4. The zero-order valence-electron chi connectivity index (χ0n) is 17.3. The molecule has 0 aromatic heterocycles. The predicted octanol–water partition coefficient (Wildman–Crippen LogP) is 2.67. The van der Waals surface area contributed by atoms with Gasteiger partial charge in [0.1, 0.15) is 12.2 Å². The summed E-state index contributed by atoms with van der Waals surface area (Å²) in [7, 11) is -2.91. The van der Waals surface area contributed by atoms with Gasteiger partial charge in [-0.25, -0.2) is 0 Å². The summed E-state index contributed by atoms with van der Waals surface area (Å²) >= 11 is 0. The summed E-state index contributed by atoms with van der Waals surface area (Å²) in [6, 6.07) is 0. The van der Waals surface area contributed by atoms with Crippen molar-refractivity contribution in [3.63, 3.8) is 0 Å². The van der Waals surface area contributed by atoms with E-state index in [1.54, 1.807) is 0 Å². The molecule has 1 saturated carbocycles. The van der Waals surface area contributed by atoms with Gasteiger partial charge in [0.05, 0.1) is 38.1 Å². The molecule has 0 spiro atoms. The fraction of sp³-hybridized carbons (Fsp3) is 0.900. The van der Waals surface area contributed by atoms with E-state index in [0.29, 0.717) is 32.3 Å². The third-order valence-electron chi connectivity index (χ3n) is 5.80. The van der Waals surface area contributed by atoms with Crippen LogP contribution >= 0.6 is 0 Å². The van der Waals surface area contributed by atoms with Gasteiger partial charge in [0.2, 0.25) is 0 Å². The van der Waals surface area contributed by atoms with Crippen molar-refractivity contribution in [1.29, 1.82) is 0 Å². The molecular weight excluding hydrogens is 380 g/mol. The quantitative estimate of drug-likeness (QED) is 0.187. The minimum atomic E-state index is -2.91. The van der Waals surface area contributed by atoms with E-state index in [2.05, 4.69) is 6.08 Å². The molecule has 4 aliphatic rings. The molecule has 8 heteroatoms. The zero-order chi connectivity index (χ0) is 19.6. The van der Waals surface area contributed by atoms with Gasteiger partial charge in [-0.05, 0) is 46.0 Å². The first kappa shape index (κ1) is 20.9. The number of fused-ring (bicyclic) bond motifs is 2. The number of epoxide rings is 2. The van der Waals surface area contributed by atoms with Crippen LogP contribution in [0.15, 0.2) is 11.6 Å². The Balaban J connectivity index is 1.45. The molecule has 160 valence electrons. The Labute approximate surface area is 169 Å². The average Bonchev–Trinajstić information content (AvgIpc) is 3.60. The van der Waals surface area contributed by atoms with Crippen LogP contribution in [0.2, 0.25) is 5.54 Å². The Morgan fingerprint density at radius 1 is 1.07 bits per heavy atom. The number of hydrogen-bond donors (Lipinski definition) is 0. The van der Waals surface area contributed by atoms with Gasteiger partial charge in [0.15, 0.2) is 6.29 Å². The van der Waals surface area contributed by atoms with Crippen LogP contribution in [0.3, 0.4) is 0 Å². The summed E-state index contributed by atoms with van der Waals surface area (Å²) in [6.07, 6.45) is 5.36. The number of ether oxygens (including phenoxy) is 4. The molecule has 5 atom stereocenters. The van der Waals surface area contributed by atoms with Crippen LogP contribution in [0.5, 0.6) is 0 Å². The normalized spacial score (nSPS) is 33.0. The van der Waals surface area contributed by atoms with Crippen LogP contribution in [0.25, 0.3) is 0 Å². The van der Waals surface area contributed by atoms with E-state index >= 15 is 0 Å². The fourth-order valence-corrected chi connectivity index (χ4v) is 7.83. The van der Waals surface area contributed by atoms with Crippen LogP contribution < -0.4 is 0 Å². The van der Waals surface area contributed by atoms with Crippen molar-refractivity contribution < 1.29 is 32.2 Å². The van der Waals surface area contributed by atoms with Crippen molar-refractivity contribution in [3.05, 3.63) is 11.6 Å². The Hall–Kier alpha value is -0.323. The van der Waals surface area contributed by atoms with Gasteiger partial charge in [0, 0.05) is 13.2 Å². The Bertz CT molecular complexity index is 527. The van der Waals surface area contributed by atoms with E-state index in [1.807, 2.05) is 20.8 Å². The minimum Gasteiger partial charge on any atom is -0.373 e. The lowest BCUT2D eigenvalue weighted by molar-refractivity contribution is -0.196. The molecule has 2 bridgehead atoms. The lowest BCUT2D eigenvalue weighted by Crippen LogP contribution is -2.54. The Kier molecular flexibility index (Phi) is 6.89. The Morgan fingerprint density at radius 2 is 1.68 bits per heavy atom. The molecule has 0 amide bonds. The summed E-state index contributed by atoms with van der Waals surface area (Å²) in [6.45, 7) is 9.69. The van der Waals surface area contributed by atoms with Crippen molar-refractivity contribution >= 4 is 8.80 Å². The Morgan fingerprint density at radius 3 is 2.11 bits per heavy atom. The number of hydrogen-bond acceptors (Lipinski definition) is 7. The molecular formula is C20H34O7Si. The maximum atomic E-state index is 6.65. The first-order valence-corrected chi connectivity index (χ1v) is 12.5. The van der Waals surface area contributed by atoms with E-state index in [1.165, 1.54) is 12.0 Å². The second kappa shape index (κ2) is 9.22. The molecule has 3 fully saturated rings. The van der Waals surface area contributed by atoms with Crippen LogP contribution in [0, 0.1) is 5.92 Å². The standard InChI is InChI=1S/C20H34O7Si/c1-4-25-28(26-5-2,19-9-15-6-7-16(19)8-15)27-14(3)20(23-12-17-10-21-17)24-13-18-11-22-18/h7,14-15,17-20H,4-6,8-13H2,1-3H3. The maximum Gasteiger partial charge on any atom is 0.508 e. The molecule has 2 aliphatic carbocycles. The van der Waals surface area contributed by atoms with Gasteiger partial charge in [-0.15, -0.1) is 0 Å². The second-order valence-corrected chi connectivity index (χ2v) is 10.8. The molecule has 2 heterocycles. The topological polar surface area (TPSA) is 71.2 Å². The molecule has 0 radical (unpaired) electrons. The van der Waals surface area contributed by atoms with Gasteiger partial charge < -0.3 is 32.2 Å². The van der Waals surface area contributed by atoms with E-state index < -0.39 is 15.1 Å². The van der Waals surface area contributed by atoms with Crippen LogP contribution in [0.1, 0.15) is 40.0 Å². The first-order valence-electron chi connectivity index (χ1n) is 10.7. The van der Waals surface area contributed by atoms with Crippen molar-refractivity contribution in [2.24, 2.45) is 5.92 Å². The van der Waals surface area contributed by atoms with E-state index in [4.69, 9.17) is 32.2 Å². The smallest absolute Gasteiger partial charge is 0.373 e. The van der Waals surface area contributed by atoms with Crippen molar-refractivity contribution in [2.45, 2.75) is 70.2 Å². The lowest BCUT2D eigenvalue weighted by atomic mass is 10.1.